The van der Waals surface area contributed by atoms with Gasteiger partial charge >= 0.3 is 5.69 Å². The molecule has 158 valence electrons. The molecule has 0 aromatic carbocycles. The van der Waals surface area contributed by atoms with E-state index in [0.29, 0.717) is 24.2 Å². The third kappa shape index (κ3) is 4.06. The van der Waals surface area contributed by atoms with Crippen LogP contribution >= 0.6 is 0 Å². The van der Waals surface area contributed by atoms with Crippen LogP contribution in [0.5, 0.6) is 0 Å². The standard InChI is InChI=1S/C22H27N5O3/c1-25-21(28)18-8-9-19(24-20(18)27(22(25)29)12-13-30-2)16-6-5-11-26(14-16)15-17-7-3-4-10-23-17/h3-4,7-10,16H,5-6,11-15H2,1-2H3. The Morgan fingerprint density at radius 2 is 2.07 bits per heavy atom. The predicted octanol–water partition coefficient (Wildman–Crippen LogP) is 1.52. The number of nitrogens with zero attached hydrogens (tertiary/aromatic N) is 5. The van der Waals surface area contributed by atoms with E-state index < -0.39 is 0 Å². The molecule has 1 aliphatic heterocycles. The molecule has 0 spiro atoms. The predicted molar refractivity (Wildman–Crippen MR) is 115 cm³/mol. The van der Waals surface area contributed by atoms with Gasteiger partial charge < -0.3 is 4.74 Å². The largest absolute Gasteiger partial charge is 0.383 e. The van der Waals surface area contributed by atoms with Crippen molar-refractivity contribution in [2.45, 2.75) is 31.8 Å². The van der Waals surface area contributed by atoms with E-state index in [1.807, 2.05) is 30.5 Å². The minimum absolute atomic E-state index is 0.252. The highest BCUT2D eigenvalue weighted by Crippen LogP contribution is 2.27. The summed E-state index contributed by atoms with van der Waals surface area (Å²) in [4.78, 5) is 36.9. The summed E-state index contributed by atoms with van der Waals surface area (Å²) in [6, 6.07) is 9.72. The maximum Gasteiger partial charge on any atom is 0.332 e. The summed E-state index contributed by atoms with van der Waals surface area (Å²) < 4.78 is 7.82. The van der Waals surface area contributed by atoms with E-state index in [2.05, 4.69) is 9.88 Å². The van der Waals surface area contributed by atoms with E-state index in [1.54, 1.807) is 13.2 Å². The Bertz CT molecular complexity index is 1140. The van der Waals surface area contributed by atoms with Crippen LogP contribution in [0.25, 0.3) is 11.0 Å². The number of pyridine rings is 2. The van der Waals surface area contributed by atoms with Crippen LogP contribution in [0.4, 0.5) is 0 Å². The van der Waals surface area contributed by atoms with Gasteiger partial charge in [-0.1, -0.05) is 6.07 Å². The first-order valence-electron chi connectivity index (χ1n) is 10.3. The lowest BCUT2D eigenvalue weighted by atomic mass is 9.94. The minimum atomic E-state index is -0.366. The summed E-state index contributed by atoms with van der Waals surface area (Å²) in [5, 5.41) is 0.457. The number of rotatable bonds is 6. The molecule has 1 unspecified atom stereocenters. The van der Waals surface area contributed by atoms with E-state index in [1.165, 1.54) is 11.6 Å². The van der Waals surface area contributed by atoms with Gasteiger partial charge in [-0.25, -0.2) is 9.78 Å². The molecule has 4 rings (SSSR count). The minimum Gasteiger partial charge on any atom is -0.383 e. The Hall–Kier alpha value is -2.84. The molecule has 0 bridgehead atoms. The molecular weight excluding hydrogens is 382 g/mol. The smallest absolute Gasteiger partial charge is 0.332 e. The van der Waals surface area contributed by atoms with Gasteiger partial charge in [0.05, 0.1) is 24.2 Å². The highest BCUT2D eigenvalue weighted by Gasteiger charge is 2.24. The Morgan fingerprint density at radius 1 is 1.20 bits per heavy atom. The Morgan fingerprint density at radius 3 is 2.83 bits per heavy atom. The zero-order valence-corrected chi connectivity index (χ0v) is 17.5. The zero-order valence-electron chi connectivity index (χ0n) is 17.5. The maximum atomic E-state index is 12.7. The van der Waals surface area contributed by atoms with Gasteiger partial charge in [-0.15, -0.1) is 0 Å². The van der Waals surface area contributed by atoms with Crippen molar-refractivity contribution < 1.29 is 4.74 Å². The fourth-order valence-electron chi connectivity index (χ4n) is 4.15. The van der Waals surface area contributed by atoms with E-state index in [-0.39, 0.29) is 17.2 Å². The number of piperidine rings is 1. The molecule has 0 radical (unpaired) electrons. The number of fused-ring (bicyclic) bond motifs is 1. The lowest BCUT2D eigenvalue weighted by Crippen LogP contribution is -2.39. The van der Waals surface area contributed by atoms with Crippen LogP contribution in [0.3, 0.4) is 0 Å². The zero-order chi connectivity index (χ0) is 21.1. The van der Waals surface area contributed by atoms with Crippen molar-refractivity contribution in [2.24, 2.45) is 7.05 Å². The summed E-state index contributed by atoms with van der Waals surface area (Å²) in [7, 11) is 3.09. The molecule has 1 aliphatic rings. The summed E-state index contributed by atoms with van der Waals surface area (Å²) in [6.45, 7) is 3.44. The summed E-state index contributed by atoms with van der Waals surface area (Å²) >= 11 is 0. The quantitative estimate of drug-likeness (QED) is 0.614. The average Bonchev–Trinajstić information content (AvgIpc) is 2.78. The average molecular weight is 409 g/mol. The molecule has 30 heavy (non-hydrogen) atoms. The van der Waals surface area contributed by atoms with Crippen molar-refractivity contribution in [3.63, 3.8) is 0 Å². The molecule has 1 saturated heterocycles. The third-order valence-corrected chi connectivity index (χ3v) is 5.76. The van der Waals surface area contributed by atoms with Crippen molar-refractivity contribution in [1.82, 2.24) is 24.0 Å². The van der Waals surface area contributed by atoms with Crippen molar-refractivity contribution in [3.05, 3.63) is 68.8 Å². The second-order valence-electron chi connectivity index (χ2n) is 7.79. The van der Waals surface area contributed by atoms with Gasteiger partial charge in [0.1, 0.15) is 5.65 Å². The van der Waals surface area contributed by atoms with Crippen molar-refractivity contribution in [2.75, 3.05) is 26.8 Å². The van der Waals surface area contributed by atoms with Gasteiger partial charge in [-0.2, -0.15) is 0 Å². The second-order valence-corrected chi connectivity index (χ2v) is 7.79. The molecule has 0 N–H and O–H groups in total. The van der Waals surface area contributed by atoms with Crippen molar-refractivity contribution in [3.8, 4) is 0 Å². The fourth-order valence-corrected chi connectivity index (χ4v) is 4.15. The van der Waals surface area contributed by atoms with Gasteiger partial charge in [-0.3, -0.25) is 23.8 Å². The van der Waals surface area contributed by atoms with Crippen LogP contribution in [-0.2, 0) is 24.9 Å². The van der Waals surface area contributed by atoms with E-state index >= 15 is 0 Å². The van der Waals surface area contributed by atoms with Crippen LogP contribution in [0.15, 0.2) is 46.1 Å². The fraction of sp³-hybridized carbons (Fsp3) is 0.455. The molecular formula is C22H27N5O3. The Balaban J connectivity index is 1.66. The lowest BCUT2D eigenvalue weighted by molar-refractivity contribution is 0.186. The first-order chi connectivity index (χ1) is 14.6. The summed E-state index contributed by atoms with van der Waals surface area (Å²) in [6.07, 6.45) is 3.93. The number of hydrogen-bond donors (Lipinski definition) is 0. The summed E-state index contributed by atoms with van der Waals surface area (Å²) in [5.41, 5.74) is 1.74. The number of hydrogen-bond acceptors (Lipinski definition) is 6. The van der Waals surface area contributed by atoms with Gasteiger partial charge in [-0.05, 0) is 43.7 Å². The second kappa shape index (κ2) is 8.89. The first-order valence-corrected chi connectivity index (χ1v) is 10.3. The van der Waals surface area contributed by atoms with E-state index in [0.717, 1.165) is 48.4 Å². The van der Waals surface area contributed by atoms with Gasteiger partial charge in [0.2, 0.25) is 0 Å². The van der Waals surface area contributed by atoms with Crippen LogP contribution in [0.1, 0.15) is 30.1 Å². The topological polar surface area (TPSA) is 82.2 Å². The Labute approximate surface area is 174 Å². The van der Waals surface area contributed by atoms with Crippen LogP contribution < -0.4 is 11.2 Å². The lowest BCUT2D eigenvalue weighted by Gasteiger charge is -2.32. The van der Waals surface area contributed by atoms with Gasteiger partial charge in [0.15, 0.2) is 0 Å². The number of methoxy groups -OCH3 is 1. The van der Waals surface area contributed by atoms with Crippen LogP contribution in [0, 0.1) is 0 Å². The van der Waals surface area contributed by atoms with Crippen LogP contribution in [-0.4, -0.2) is 50.8 Å². The number of likely N-dealkylation sites (tertiary alicyclic amines) is 1. The van der Waals surface area contributed by atoms with E-state index in [9.17, 15) is 9.59 Å². The first kappa shape index (κ1) is 20.4. The summed E-state index contributed by atoms with van der Waals surface area (Å²) in [5.74, 6) is 0.252. The normalized spacial score (nSPS) is 17.5. The molecule has 1 atom stereocenters. The SMILES string of the molecule is COCCn1c(=O)n(C)c(=O)c2ccc(C3CCCN(Cc4ccccn4)C3)nc21. The van der Waals surface area contributed by atoms with E-state index in [4.69, 9.17) is 9.72 Å². The van der Waals surface area contributed by atoms with Gasteiger partial charge in [0.25, 0.3) is 5.56 Å². The molecule has 3 aromatic rings. The molecule has 8 nitrogen and oxygen atoms in total. The Kier molecular flexibility index (Phi) is 6.06. The number of aromatic nitrogens is 4. The molecule has 0 amide bonds. The monoisotopic (exact) mass is 409 g/mol. The maximum absolute atomic E-state index is 12.7. The van der Waals surface area contributed by atoms with Gasteiger partial charge in [0, 0.05) is 45.1 Å². The molecule has 3 aromatic heterocycles. The highest BCUT2D eigenvalue weighted by molar-refractivity contribution is 5.74. The van der Waals surface area contributed by atoms with Crippen molar-refractivity contribution in [1.29, 1.82) is 0 Å². The third-order valence-electron chi connectivity index (χ3n) is 5.76. The molecule has 0 saturated carbocycles. The number of ether oxygens (including phenoxy) is 1. The molecule has 4 heterocycles. The van der Waals surface area contributed by atoms with Crippen LogP contribution in [0.2, 0.25) is 0 Å². The molecule has 0 aliphatic carbocycles. The molecule has 1 fully saturated rings. The highest BCUT2D eigenvalue weighted by atomic mass is 16.5. The van der Waals surface area contributed by atoms with Crippen molar-refractivity contribution >= 4 is 11.0 Å². The molecule has 8 heteroatoms.